The molecule has 2 aromatic carbocycles. The molecule has 10 heteroatoms. The topological polar surface area (TPSA) is 88.7 Å². The number of hydrazine groups is 1. The number of hydrogen-bond donors (Lipinski definition) is 3. The lowest BCUT2D eigenvalue weighted by Gasteiger charge is -2.13. The number of hydrogen-bond acceptors (Lipinski definition) is 5. The Morgan fingerprint density at radius 1 is 1.00 bits per heavy atom. The van der Waals surface area contributed by atoms with Gasteiger partial charge in [0, 0.05) is 5.56 Å². The molecule has 0 heterocycles. The van der Waals surface area contributed by atoms with Crippen molar-refractivity contribution in [1.29, 1.82) is 0 Å². The zero-order chi connectivity index (χ0) is 23.0. The number of benzene rings is 2. The van der Waals surface area contributed by atoms with E-state index in [1.807, 2.05) is 19.1 Å². The van der Waals surface area contributed by atoms with Gasteiger partial charge < -0.3 is 9.47 Å². The average molecular weight is 573 g/mol. The number of ether oxygens (including phenoxy) is 2. The Kier molecular flexibility index (Phi) is 9.73. The number of amides is 2. The minimum absolute atomic E-state index is 0.0502. The van der Waals surface area contributed by atoms with Crippen molar-refractivity contribution in [3.05, 3.63) is 56.5 Å². The van der Waals surface area contributed by atoms with Gasteiger partial charge in [0.05, 0.1) is 15.6 Å². The fraction of sp³-hybridized carbons (Fsp3) is 0.286. The Morgan fingerprint density at radius 2 is 1.65 bits per heavy atom. The lowest BCUT2D eigenvalue weighted by molar-refractivity contribution is -0.123. The predicted molar refractivity (Wildman–Crippen MR) is 130 cm³/mol. The van der Waals surface area contributed by atoms with Crippen LogP contribution in [0.3, 0.4) is 0 Å². The lowest BCUT2D eigenvalue weighted by atomic mass is 10.0. The Labute approximate surface area is 203 Å². The van der Waals surface area contributed by atoms with Gasteiger partial charge in [0.2, 0.25) is 0 Å². The van der Waals surface area contributed by atoms with Crippen LogP contribution in [0.1, 0.15) is 42.6 Å². The van der Waals surface area contributed by atoms with E-state index in [0.717, 1.165) is 10.0 Å². The van der Waals surface area contributed by atoms with Gasteiger partial charge in [0.1, 0.15) is 11.5 Å². The van der Waals surface area contributed by atoms with E-state index in [1.165, 1.54) is 0 Å². The van der Waals surface area contributed by atoms with E-state index < -0.39 is 11.8 Å². The molecule has 0 radical (unpaired) electrons. The van der Waals surface area contributed by atoms with Crippen LogP contribution < -0.4 is 25.6 Å². The quantitative estimate of drug-likeness (QED) is 0.336. The highest BCUT2D eigenvalue weighted by molar-refractivity contribution is 9.10. The van der Waals surface area contributed by atoms with E-state index in [-0.39, 0.29) is 11.7 Å². The van der Waals surface area contributed by atoms with Crippen molar-refractivity contribution >= 4 is 61.0 Å². The molecule has 0 aliphatic carbocycles. The molecule has 166 valence electrons. The van der Waals surface area contributed by atoms with Crippen molar-refractivity contribution in [2.24, 2.45) is 0 Å². The Bertz CT molecular complexity index is 970. The first-order valence-corrected chi connectivity index (χ1v) is 11.5. The summed E-state index contributed by atoms with van der Waals surface area (Å²) in [5.74, 6) is 0.688. The summed E-state index contributed by atoms with van der Waals surface area (Å²) < 4.78 is 12.3. The summed E-state index contributed by atoms with van der Waals surface area (Å²) in [6, 6.07) is 10.6. The Balaban J connectivity index is 1.80. The largest absolute Gasteiger partial charge is 0.493 e. The van der Waals surface area contributed by atoms with Crippen LogP contribution in [0, 0.1) is 0 Å². The molecule has 2 rings (SSSR count). The third-order valence-corrected chi connectivity index (χ3v) is 5.46. The molecule has 0 saturated heterocycles. The van der Waals surface area contributed by atoms with E-state index in [4.69, 9.17) is 21.7 Å². The standard InChI is InChI=1S/C21H23Br2N3O4S/c1-4-29-17-8-6-14(10-16(17)23)20(28)24-21(31)26-25-19(27)11-30-18-7-5-13(12(2)3)9-15(18)22/h5-10,12H,4,11H2,1-3H3,(H,25,27)(H2,24,26,28,31). The maximum Gasteiger partial charge on any atom is 0.276 e. The smallest absolute Gasteiger partial charge is 0.276 e. The van der Waals surface area contributed by atoms with Crippen molar-refractivity contribution in [2.75, 3.05) is 13.2 Å². The number of thiocarbonyl (C=S) groups is 1. The molecular weight excluding hydrogens is 550 g/mol. The van der Waals surface area contributed by atoms with Gasteiger partial charge in [-0.05, 0) is 92.8 Å². The molecule has 2 aromatic rings. The van der Waals surface area contributed by atoms with E-state index in [9.17, 15) is 9.59 Å². The summed E-state index contributed by atoms with van der Waals surface area (Å²) in [5, 5.41) is 2.44. The second-order valence-corrected chi connectivity index (χ2v) is 8.78. The van der Waals surface area contributed by atoms with Crippen molar-refractivity contribution in [1.82, 2.24) is 16.2 Å². The van der Waals surface area contributed by atoms with E-state index in [2.05, 4.69) is 61.9 Å². The summed E-state index contributed by atoms with van der Waals surface area (Å²) in [6.07, 6.45) is 0. The summed E-state index contributed by atoms with van der Waals surface area (Å²) in [7, 11) is 0. The van der Waals surface area contributed by atoms with Gasteiger partial charge in [-0.1, -0.05) is 19.9 Å². The Morgan fingerprint density at radius 3 is 2.26 bits per heavy atom. The number of rotatable bonds is 7. The molecule has 0 aliphatic rings. The molecule has 3 N–H and O–H groups in total. The van der Waals surface area contributed by atoms with Crippen LogP contribution in [-0.4, -0.2) is 30.1 Å². The van der Waals surface area contributed by atoms with Gasteiger partial charge in [-0.15, -0.1) is 0 Å². The number of carbonyl (C=O) groups excluding carboxylic acids is 2. The molecule has 0 saturated carbocycles. The van der Waals surface area contributed by atoms with Crippen LogP contribution >= 0.6 is 44.1 Å². The second-order valence-electron chi connectivity index (χ2n) is 6.67. The van der Waals surface area contributed by atoms with Gasteiger partial charge in [0.15, 0.2) is 11.7 Å². The third-order valence-electron chi connectivity index (χ3n) is 4.02. The molecule has 0 bridgehead atoms. The first-order valence-electron chi connectivity index (χ1n) is 9.46. The Hall–Kier alpha value is -2.17. The summed E-state index contributed by atoms with van der Waals surface area (Å²) in [6.45, 7) is 6.35. The minimum atomic E-state index is -0.458. The molecule has 0 fully saturated rings. The van der Waals surface area contributed by atoms with Crippen LogP contribution in [0.25, 0.3) is 0 Å². The predicted octanol–water partition coefficient (Wildman–Crippen LogP) is 4.45. The molecule has 0 aromatic heterocycles. The van der Waals surface area contributed by atoms with Crippen LogP contribution in [0.15, 0.2) is 45.3 Å². The molecule has 2 amide bonds. The zero-order valence-corrected chi connectivity index (χ0v) is 21.2. The van der Waals surface area contributed by atoms with E-state index >= 15 is 0 Å². The summed E-state index contributed by atoms with van der Waals surface area (Å²) in [5.41, 5.74) is 6.39. The molecule has 0 atom stereocenters. The molecule has 31 heavy (non-hydrogen) atoms. The van der Waals surface area contributed by atoms with Gasteiger partial charge >= 0.3 is 0 Å². The number of halogens is 2. The zero-order valence-electron chi connectivity index (χ0n) is 17.3. The van der Waals surface area contributed by atoms with E-state index in [0.29, 0.717) is 34.1 Å². The highest BCUT2D eigenvalue weighted by atomic mass is 79.9. The summed E-state index contributed by atoms with van der Waals surface area (Å²) in [4.78, 5) is 24.3. The fourth-order valence-corrected chi connectivity index (χ4v) is 3.57. The van der Waals surface area contributed by atoms with Gasteiger partial charge in [-0.2, -0.15) is 0 Å². The van der Waals surface area contributed by atoms with Crippen molar-refractivity contribution in [2.45, 2.75) is 26.7 Å². The first kappa shape index (κ1) is 25.1. The second kappa shape index (κ2) is 12.0. The molecule has 7 nitrogen and oxygen atoms in total. The van der Waals surface area contributed by atoms with Crippen molar-refractivity contribution < 1.29 is 19.1 Å². The van der Waals surface area contributed by atoms with Crippen LogP contribution in [0.4, 0.5) is 0 Å². The highest BCUT2D eigenvalue weighted by Crippen LogP contribution is 2.29. The number of carbonyl (C=O) groups is 2. The molecule has 0 unspecified atom stereocenters. The van der Waals surface area contributed by atoms with Gasteiger partial charge in [0.25, 0.3) is 11.8 Å². The SMILES string of the molecule is CCOc1ccc(C(=O)NC(=S)NNC(=O)COc2ccc(C(C)C)cc2Br)cc1Br. The van der Waals surface area contributed by atoms with Gasteiger partial charge in [-0.3, -0.25) is 25.8 Å². The minimum Gasteiger partial charge on any atom is -0.493 e. The lowest BCUT2D eigenvalue weighted by Crippen LogP contribution is -2.49. The molecule has 0 aliphatic heterocycles. The molecule has 0 spiro atoms. The highest BCUT2D eigenvalue weighted by Gasteiger charge is 2.12. The third kappa shape index (κ3) is 7.79. The van der Waals surface area contributed by atoms with Crippen LogP contribution in [0.5, 0.6) is 11.5 Å². The first-order chi connectivity index (χ1) is 14.7. The number of nitrogens with one attached hydrogen (secondary N) is 3. The van der Waals surface area contributed by atoms with Crippen LogP contribution in [0.2, 0.25) is 0 Å². The normalized spacial score (nSPS) is 10.4. The van der Waals surface area contributed by atoms with E-state index in [1.54, 1.807) is 24.3 Å². The summed E-state index contributed by atoms with van der Waals surface area (Å²) >= 11 is 11.8. The van der Waals surface area contributed by atoms with Crippen molar-refractivity contribution in [3.8, 4) is 11.5 Å². The monoisotopic (exact) mass is 571 g/mol. The maximum absolute atomic E-state index is 12.3. The fourth-order valence-electron chi connectivity index (χ4n) is 2.42. The average Bonchev–Trinajstić information content (AvgIpc) is 2.72. The van der Waals surface area contributed by atoms with Gasteiger partial charge in [-0.25, -0.2) is 0 Å². The van der Waals surface area contributed by atoms with Crippen molar-refractivity contribution in [3.63, 3.8) is 0 Å². The molecular formula is C21H23Br2N3O4S. The van der Waals surface area contributed by atoms with Crippen LogP contribution in [-0.2, 0) is 4.79 Å². The maximum atomic E-state index is 12.3.